The van der Waals surface area contributed by atoms with E-state index < -0.39 is 0 Å². The van der Waals surface area contributed by atoms with Crippen molar-refractivity contribution in [1.29, 1.82) is 0 Å². The zero-order chi connectivity index (χ0) is 12.7. The van der Waals surface area contributed by atoms with E-state index in [1.165, 1.54) is 0 Å². The predicted octanol–water partition coefficient (Wildman–Crippen LogP) is 3.17. The monoisotopic (exact) mass is 258 g/mol. The summed E-state index contributed by atoms with van der Waals surface area (Å²) in [6.07, 6.45) is 1.64. The summed E-state index contributed by atoms with van der Waals surface area (Å²) < 4.78 is 0. The van der Waals surface area contributed by atoms with Gasteiger partial charge in [0.2, 0.25) is 5.28 Å². The Kier molecular flexibility index (Phi) is 2.45. The molecule has 90 valence electrons. The van der Waals surface area contributed by atoms with Gasteiger partial charge in [-0.1, -0.05) is 6.07 Å². The molecule has 0 bridgehead atoms. The highest BCUT2D eigenvalue weighted by atomic mass is 35.5. The average Bonchev–Trinajstić information content (AvgIpc) is 2.68. The lowest BCUT2D eigenvalue weighted by molar-refractivity contribution is 1.18. The number of rotatable bonds is 1. The summed E-state index contributed by atoms with van der Waals surface area (Å²) in [5, 5.41) is 1.30. The molecular weight excluding hydrogens is 248 g/mol. The van der Waals surface area contributed by atoms with Crippen molar-refractivity contribution in [3.8, 4) is 11.1 Å². The Hall–Kier alpha value is -2.07. The summed E-state index contributed by atoms with van der Waals surface area (Å²) in [6, 6.07) is 8.15. The lowest BCUT2D eigenvalue weighted by atomic mass is 10.1. The molecule has 0 saturated carbocycles. The maximum atomic E-state index is 5.86. The number of H-pyrrole nitrogens is 1. The molecule has 0 spiro atoms. The van der Waals surface area contributed by atoms with E-state index in [-0.39, 0.29) is 5.28 Å². The smallest absolute Gasteiger partial charge is 0.224 e. The van der Waals surface area contributed by atoms with Gasteiger partial charge in [0.15, 0.2) is 0 Å². The molecule has 3 aromatic rings. The molecule has 5 heteroatoms. The summed E-state index contributed by atoms with van der Waals surface area (Å²) in [4.78, 5) is 11.2. The fourth-order valence-electron chi connectivity index (χ4n) is 2.04. The molecule has 0 amide bonds. The highest BCUT2D eigenvalue weighted by Gasteiger charge is 2.07. The molecule has 0 radical (unpaired) electrons. The number of fused-ring (bicyclic) bond motifs is 1. The number of halogens is 1. The highest BCUT2D eigenvalue weighted by molar-refractivity contribution is 6.28. The Morgan fingerprint density at radius 3 is 2.89 bits per heavy atom. The normalized spacial score (nSPS) is 11.0. The van der Waals surface area contributed by atoms with Crippen LogP contribution in [0.1, 0.15) is 5.69 Å². The highest BCUT2D eigenvalue weighted by Crippen LogP contribution is 2.28. The van der Waals surface area contributed by atoms with Crippen molar-refractivity contribution in [3.05, 3.63) is 41.4 Å². The van der Waals surface area contributed by atoms with Crippen molar-refractivity contribution in [2.24, 2.45) is 0 Å². The predicted molar refractivity (Wildman–Crippen MR) is 73.5 cm³/mol. The quantitative estimate of drug-likeness (QED) is 0.659. The van der Waals surface area contributed by atoms with Crippen molar-refractivity contribution < 1.29 is 0 Å². The van der Waals surface area contributed by atoms with Gasteiger partial charge in [-0.2, -0.15) is 0 Å². The first-order valence-electron chi connectivity index (χ1n) is 5.51. The Morgan fingerprint density at radius 2 is 2.11 bits per heavy atom. The van der Waals surface area contributed by atoms with Crippen molar-refractivity contribution in [2.75, 3.05) is 5.73 Å². The Balaban J connectivity index is 2.18. The van der Waals surface area contributed by atoms with Gasteiger partial charge < -0.3 is 10.7 Å². The van der Waals surface area contributed by atoms with Crippen LogP contribution >= 0.6 is 11.6 Å². The largest absolute Gasteiger partial charge is 0.383 e. The molecule has 0 unspecified atom stereocenters. The Bertz CT molecular complexity index is 733. The van der Waals surface area contributed by atoms with Gasteiger partial charge in [0.05, 0.1) is 0 Å². The molecule has 2 heterocycles. The van der Waals surface area contributed by atoms with E-state index in [9.17, 15) is 0 Å². The number of hydrogen-bond acceptors (Lipinski definition) is 3. The molecule has 0 fully saturated rings. The van der Waals surface area contributed by atoms with Crippen LogP contribution in [0.4, 0.5) is 5.82 Å². The van der Waals surface area contributed by atoms with Gasteiger partial charge in [0, 0.05) is 28.4 Å². The second kappa shape index (κ2) is 3.99. The molecular formula is C13H11ClN4. The Morgan fingerprint density at radius 1 is 1.28 bits per heavy atom. The summed E-state index contributed by atoms with van der Waals surface area (Å²) in [5.41, 5.74) is 9.86. The molecule has 0 atom stereocenters. The lowest BCUT2D eigenvalue weighted by Crippen LogP contribution is -1.96. The van der Waals surface area contributed by atoms with Crippen LogP contribution in [0.25, 0.3) is 22.0 Å². The second-order valence-electron chi connectivity index (χ2n) is 4.19. The fourth-order valence-corrected chi connectivity index (χ4v) is 2.18. The third kappa shape index (κ3) is 1.80. The van der Waals surface area contributed by atoms with Crippen molar-refractivity contribution in [3.63, 3.8) is 0 Å². The molecule has 1 aromatic carbocycles. The van der Waals surface area contributed by atoms with Crippen LogP contribution in [-0.4, -0.2) is 15.0 Å². The number of benzene rings is 1. The molecule has 0 aliphatic rings. The van der Waals surface area contributed by atoms with Crippen LogP contribution in [0.5, 0.6) is 0 Å². The van der Waals surface area contributed by atoms with Crippen LogP contribution in [0.2, 0.25) is 5.28 Å². The molecule has 18 heavy (non-hydrogen) atoms. The van der Waals surface area contributed by atoms with E-state index in [0.29, 0.717) is 5.82 Å². The summed E-state index contributed by atoms with van der Waals surface area (Å²) in [5.74, 6) is 0.390. The minimum absolute atomic E-state index is 0.162. The van der Waals surface area contributed by atoms with Crippen LogP contribution in [-0.2, 0) is 0 Å². The third-order valence-electron chi connectivity index (χ3n) is 2.86. The van der Waals surface area contributed by atoms with Crippen molar-refractivity contribution >= 4 is 28.3 Å². The molecule has 0 aliphatic carbocycles. The number of nitrogens with two attached hydrogens (primary N) is 1. The van der Waals surface area contributed by atoms with Gasteiger partial charge in [0.25, 0.3) is 0 Å². The fraction of sp³-hybridized carbons (Fsp3) is 0.0769. The second-order valence-corrected chi connectivity index (χ2v) is 4.53. The molecule has 4 nitrogen and oxygen atoms in total. The number of aromatic nitrogens is 3. The van der Waals surface area contributed by atoms with Gasteiger partial charge in [-0.3, -0.25) is 0 Å². The number of nitrogens with zero attached hydrogens (tertiary/aromatic N) is 2. The third-order valence-corrected chi connectivity index (χ3v) is 3.04. The first-order chi connectivity index (χ1) is 8.63. The minimum Gasteiger partial charge on any atom is -0.383 e. The van der Waals surface area contributed by atoms with Gasteiger partial charge in [0.1, 0.15) is 5.82 Å². The van der Waals surface area contributed by atoms with Crippen molar-refractivity contribution in [1.82, 2.24) is 15.0 Å². The molecule has 2 aromatic heterocycles. The summed E-state index contributed by atoms with van der Waals surface area (Å²) in [7, 11) is 0. The van der Waals surface area contributed by atoms with E-state index in [4.69, 9.17) is 17.3 Å². The maximum absolute atomic E-state index is 5.86. The lowest BCUT2D eigenvalue weighted by Gasteiger charge is -2.04. The van der Waals surface area contributed by atoms with E-state index in [1.54, 1.807) is 6.20 Å². The van der Waals surface area contributed by atoms with Gasteiger partial charge >= 0.3 is 0 Å². The van der Waals surface area contributed by atoms with Gasteiger partial charge in [-0.15, -0.1) is 0 Å². The number of aromatic amines is 1. The standard InChI is InChI=1S/C13H11ClN4/c1-7-4-9-5-8(2-3-11(9)17-7)10-6-16-13(14)18-12(10)15/h2-6,17H,1H3,(H2,15,16,18). The number of anilines is 1. The average molecular weight is 259 g/mol. The van der Waals surface area contributed by atoms with Crippen LogP contribution in [0, 0.1) is 6.92 Å². The first-order valence-corrected chi connectivity index (χ1v) is 5.89. The zero-order valence-electron chi connectivity index (χ0n) is 9.74. The number of nitrogens with one attached hydrogen (secondary N) is 1. The van der Waals surface area contributed by atoms with Crippen LogP contribution in [0.15, 0.2) is 30.5 Å². The van der Waals surface area contributed by atoms with E-state index >= 15 is 0 Å². The Labute approximate surface area is 109 Å². The molecule has 3 rings (SSSR count). The number of aryl methyl sites for hydroxylation is 1. The minimum atomic E-state index is 0.162. The molecule has 0 aliphatic heterocycles. The van der Waals surface area contributed by atoms with E-state index in [0.717, 1.165) is 27.7 Å². The number of hydrogen-bond donors (Lipinski definition) is 2. The summed E-state index contributed by atoms with van der Waals surface area (Å²) in [6.45, 7) is 2.03. The summed E-state index contributed by atoms with van der Waals surface area (Å²) >= 11 is 5.70. The van der Waals surface area contributed by atoms with Crippen LogP contribution < -0.4 is 5.73 Å². The molecule has 0 saturated heterocycles. The number of nitrogen functional groups attached to an aromatic ring is 1. The topological polar surface area (TPSA) is 67.6 Å². The van der Waals surface area contributed by atoms with Crippen LogP contribution in [0.3, 0.4) is 0 Å². The first kappa shape index (κ1) is 11.0. The van der Waals surface area contributed by atoms with Gasteiger partial charge in [-0.05, 0) is 42.3 Å². The molecule has 3 N–H and O–H groups in total. The van der Waals surface area contributed by atoms with Gasteiger partial charge in [-0.25, -0.2) is 9.97 Å². The van der Waals surface area contributed by atoms with E-state index in [1.807, 2.05) is 19.1 Å². The SMILES string of the molecule is Cc1cc2cc(-c3cnc(Cl)nc3N)ccc2[nH]1. The zero-order valence-corrected chi connectivity index (χ0v) is 10.5. The van der Waals surface area contributed by atoms with E-state index in [2.05, 4.69) is 27.1 Å². The van der Waals surface area contributed by atoms with Crippen molar-refractivity contribution in [2.45, 2.75) is 6.92 Å². The maximum Gasteiger partial charge on any atom is 0.224 e.